The molecule has 0 N–H and O–H groups in total. The van der Waals surface area contributed by atoms with E-state index >= 15 is 0 Å². The number of alkyl halides is 3. The SMILES string of the molecule is N#Cc1ccc(N2CCN(S(=O)(=O)c3cc(F)ccc3F)CC2)cc1C(F)(F)F. The van der Waals surface area contributed by atoms with Gasteiger partial charge in [0, 0.05) is 31.9 Å². The Labute approximate surface area is 163 Å². The number of nitrogens with zero attached hydrogens (tertiary/aromatic N) is 3. The highest BCUT2D eigenvalue weighted by molar-refractivity contribution is 7.89. The highest BCUT2D eigenvalue weighted by Gasteiger charge is 2.35. The smallest absolute Gasteiger partial charge is 0.369 e. The van der Waals surface area contributed by atoms with Crippen molar-refractivity contribution < 1.29 is 30.4 Å². The predicted octanol–water partition coefficient (Wildman–Crippen LogP) is 3.37. The van der Waals surface area contributed by atoms with Crippen LogP contribution < -0.4 is 4.90 Å². The molecule has 5 nitrogen and oxygen atoms in total. The summed E-state index contributed by atoms with van der Waals surface area (Å²) in [6, 6.07) is 6.86. The van der Waals surface area contributed by atoms with Crippen LogP contribution >= 0.6 is 0 Å². The zero-order valence-corrected chi connectivity index (χ0v) is 15.6. The van der Waals surface area contributed by atoms with Crippen molar-refractivity contribution in [3.8, 4) is 6.07 Å². The number of nitriles is 1. The molecule has 154 valence electrons. The van der Waals surface area contributed by atoms with Crippen LogP contribution in [0.2, 0.25) is 0 Å². The van der Waals surface area contributed by atoms with Crippen LogP contribution in [0.4, 0.5) is 27.6 Å². The molecule has 0 amide bonds. The normalized spacial score (nSPS) is 15.9. The van der Waals surface area contributed by atoms with Gasteiger partial charge in [-0.15, -0.1) is 0 Å². The number of halogens is 5. The number of benzene rings is 2. The van der Waals surface area contributed by atoms with Crippen LogP contribution in [0, 0.1) is 23.0 Å². The van der Waals surface area contributed by atoms with Crippen LogP contribution in [0.15, 0.2) is 41.3 Å². The fourth-order valence-electron chi connectivity index (χ4n) is 3.06. The minimum absolute atomic E-state index is 0.0410. The molecule has 0 aromatic heterocycles. The second-order valence-electron chi connectivity index (χ2n) is 6.31. The largest absolute Gasteiger partial charge is 0.417 e. The quantitative estimate of drug-likeness (QED) is 0.700. The summed E-state index contributed by atoms with van der Waals surface area (Å²) in [5.74, 6) is -1.99. The molecule has 1 fully saturated rings. The van der Waals surface area contributed by atoms with E-state index in [1.54, 1.807) is 0 Å². The van der Waals surface area contributed by atoms with Gasteiger partial charge in [0.05, 0.1) is 17.2 Å². The first-order valence-electron chi connectivity index (χ1n) is 8.35. The van der Waals surface area contributed by atoms with E-state index in [0.29, 0.717) is 12.1 Å². The maximum absolute atomic E-state index is 13.9. The van der Waals surface area contributed by atoms with Gasteiger partial charge in [-0.25, -0.2) is 17.2 Å². The van der Waals surface area contributed by atoms with E-state index < -0.39 is 43.9 Å². The van der Waals surface area contributed by atoms with Gasteiger partial charge in [0.15, 0.2) is 0 Å². The molecule has 2 aromatic rings. The zero-order valence-electron chi connectivity index (χ0n) is 14.7. The van der Waals surface area contributed by atoms with Crippen molar-refractivity contribution in [2.45, 2.75) is 11.1 Å². The first-order valence-corrected chi connectivity index (χ1v) is 9.79. The van der Waals surface area contributed by atoms with Crippen molar-refractivity contribution in [3.63, 3.8) is 0 Å². The fraction of sp³-hybridized carbons (Fsp3) is 0.278. The minimum atomic E-state index is -4.71. The minimum Gasteiger partial charge on any atom is -0.369 e. The summed E-state index contributed by atoms with van der Waals surface area (Å²) >= 11 is 0. The zero-order chi connectivity index (χ0) is 21.4. The number of piperazine rings is 1. The lowest BCUT2D eigenvalue weighted by Crippen LogP contribution is -2.48. The lowest BCUT2D eigenvalue weighted by Gasteiger charge is -2.35. The average molecular weight is 431 g/mol. The molecule has 1 aliphatic heterocycles. The highest BCUT2D eigenvalue weighted by atomic mass is 32.2. The van der Waals surface area contributed by atoms with Crippen LogP contribution in [-0.4, -0.2) is 38.9 Å². The van der Waals surface area contributed by atoms with Gasteiger partial charge in [-0.05, 0) is 36.4 Å². The lowest BCUT2D eigenvalue weighted by molar-refractivity contribution is -0.137. The molecular formula is C18H14F5N3O2S. The summed E-state index contributed by atoms with van der Waals surface area (Å²) in [5, 5.41) is 8.86. The maximum atomic E-state index is 13.9. The molecule has 0 saturated carbocycles. The van der Waals surface area contributed by atoms with E-state index in [1.807, 2.05) is 0 Å². The first-order chi connectivity index (χ1) is 13.5. The number of rotatable bonds is 3. The van der Waals surface area contributed by atoms with E-state index in [4.69, 9.17) is 5.26 Å². The maximum Gasteiger partial charge on any atom is 0.417 e. The van der Waals surface area contributed by atoms with Gasteiger partial charge in [0.2, 0.25) is 10.0 Å². The summed E-state index contributed by atoms with van der Waals surface area (Å²) in [7, 11) is -4.29. The van der Waals surface area contributed by atoms with Gasteiger partial charge in [-0.2, -0.15) is 22.7 Å². The third-order valence-corrected chi connectivity index (χ3v) is 6.46. The molecule has 0 radical (unpaired) electrons. The standard InChI is InChI=1S/C18H14F5N3O2S/c19-13-2-4-16(20)17(9-13)29(27,28)26-7-5-25(6-8-26)14-3-1-12(11-24)15(10-14)18(21,22)23/h1-4,9-10H,5-8H2. The summed E-state index contributed by atoms with van der Waals surface area (Å²) in [6.07, 6.45) is -4.71. The van der Waals surface area contributed by atoms with E-state index in [2.05, 4.69) is 0 Å². The van der Waals surface area contributed by atoms with Crippen molar-refractivity contribution in [3.05, 3.63) is 59.2 Å². The molecule has 0 bridgehead atoms. The first kappa shape index (κ1) is 21.0. The third-order valence-electron chi connectivity index (χ3n) is 4.54. The Morgan fingerprint density at radius 3 is 2.21 bits per heavy atom. The van der Waals surface area contributed by atoms with Crippen LogP contribution in [0.1, 0.15) is 11.1 Å². The highest BCUT2D eigenvalue weighted by Crippen LogP contribution is 2.35. The second kappa shape index (κ2) is 7.61. The number of sulfonamides is 1. The van der Waals surface area contributed by atoms with Crippen molar-refractivity contribution in [1.82, 2.24) is 4.31 Å². The predicted molar refractivity (Wildman–Crippen MR) is 93.5 cm³/mol. The van der Waals surface area contributed by atoms with E-state index in [1.165, 1.54) is 17.0 Å². The van der Waals surface area contributed by atoms with Crippen LogP contribution in [-0.2, 0) is 16.2 Å². The van der Waals surface area contributed by atoms with Crippen molar-refractivity contribution in [1.29, 1.82) is 5.26 Å². The molecular weight excluding hydrogens is 417 g/mol. The second-order valence-corrected chi connectivity index (χ2v) is 8.21. The Hall–Kier alpha value is -2.71. The van der Waals surface area contributed by atoms with E-state index in [-0.39, 0.29) is 31.9 Å². The molecule has 0 atom stereocenters. The molecule has 0 unspecified atom stereocenters. The Kier molecular flexibility index (Phi) is 5.51. The van der Waals surface area contributed by atoms with Crippen molar-refractivity contribution >= 4 is 15.7 Å². The summed E-state index contributed by atoms with van der Waals surface area (Å²) in [6.45, 7) is -0.169. The van der Waals surface area contributed by atoms with Gasteiger partial charge in [0.1, 0.15) is 16.5 Å². The summed E-state index contributed by atoms with van der Waals surface area (Å²) in [5.41, 5.74) is -1.40. The van der Waals surface area contributed by atoms with Gasteiger partial charge in [-0.1, -0.05) is 0 Å². The molecule has 0 aliphatic carbocycles. The van der Waals surface area contributed by atoms with Crippen LogP contribution in [0.5, 0.6) is 0 Å². The third kappa shape index (κ3) is 4.18. The summed E-state index contributed by atoms with van der Waals surface area (Å²) in [4.78, 5) is 0.744. The van der Waals surface area contributed by atoms with Crippen molar-refractivity contribution in [2.75, 3.05) is 31.1 Å². The van der Waals surface area contributed by atoms with E-state index in [9.17, 15) is 30.4 Å². The average Bonchev–Trinajstić information content (AvgIpc) is 2.68. The molecule has 2 aromatic carbocycles. The molecule has 1 aliphatic rings. The summed E-state index contributed by atoms with van der Waals surface area (Å²) < 4.78 is 92.8. The molecule has 29 heavy (non-hydrogen) atoms. The Balaban J connectivity index is 1.81. The van der Waals surface area contributed by atoms with Gasteiger partial charge in [-0.3, -0.25) is 0 Å². The van der Waals surface area contributed by atoms with E-state index in [0.717, 1.165) is 22.5 Å². The van der Waals surface area contributed by atoms with Crippen molar-refractivity contribution in [2.24, 2.45) is 0 Å². The lowest BCUT2D eigenvalue weighted by atomic mass is 10.1. The Morgan fingerprint density at radius 1 is 0.966 bits per heavy atom. The Morgan fingerprint density at radius 2 is 1.62 bits per heavy atom. The van der Waals surface area contributed by atoms with Gasteiger partial charge in [0.25, 0.3) is 0 Å². The topological polar surface area (TPSA) is 64.4 Å². The fourth-order valence-corrected chi connectivity index (χ4v) is 4.56. The monoisotopic (exact) mass is 431 g/mol. The van der Waals surface area contributed by atoms with Crippen LogP contribution in [0.3, 0.4) is 0 Å². The molecule has 11 heteroatoms. The number of hydrogen-bond acceptors (Lipinski definition) is 4. The van der Waals surface area contributed by atoms with Gasteiger partial charge >= 0.3 is 6.18 Å². The number of anilines is 1. The Bertz CT molecular complexity index is 1070. The van der Waals surface area contributed by atoms with Crippen LogP contribution in [0.25, 0.3) is 0 Å². The van der Waals surface area contributed by atoms with Gasteiger partial charge < -0.3 is 4.90 Å². The number of hydrogen-bond donors (Lipinski definition) is 0. The molecule has 1 heterocycles. The molecule has 0 spiro atoms. The molecule has 3 rings (SSSR count). The molecule has 1 saturated heterocycles.